The van der Waals surface area contributed by atoms with E-state index < -0.39 is 0 Å². The van der Waals surface area contributed by atoms with Gasteiger partial charge in [0, 0.05) is 29.2 Å². The van der Waals surface area contributed by atoms with Crippen LogP contribution in [0.25, 0.3) is 10.8 Å². The van der Waals surface area contributed by atoms with Gasteiger partial charge >= 0.3 is 0 Å². The van der Waals surface area contributed by atoms with Gasteiger partial charge in [-0.05, 0) is 62.6 Å². The van der Waals surface area contributed by atoms with Crippen molar-refractivity contribution in [2.24, 2.45) is 11.1 Å². The minimum absolute atomic E-state index is 0.227. The molecular formula is C19H25ClN2O. The van der Waals surface area contributed by atoms with Crippen molar-refractivity contribution < 1.29 is 4.74 Å². The summed E-state index contributed by atoms with van der Waals surface area (Å²) in [5, 5.41) is 2.72. The maximum Gasteiger partial charge on any atom is 0.138 e. The quantitative estimate of drug-likeness (QED) is 0.861. The summed E-state index contributed by atoms with van der Waals surface area (Å²) in [7, 11) is 0. The first kappa shape index (κ1) is 16.5. The minimum atomic E-state index is 0.227. The van der Waals surface area contributed by atoms with E-state index in [4.69, 9.17) is 22.1 Å². The first-order valence-electron chi connectivity index (χ1n) is 8.50. The summed E-state index contributed by atoms with van der Waals surface area (Å²) < 4.78 is 6.22. The molecule has 1 atom stereocenters. The van der Waals surface area contributed by atoms with Crippen LogP contribution in [0.3, 0.4) is 0 Å². The van der Waals surface area contributed by atoms with Gasteiger partial charge in [-0.3, -0.25) is 4.98 Å². The second-order valence-electron chi connectivity index (χ2n) is 6.80. The summed E-state index contributed by atoms with van der Waals surface area (Å²) in [6.45, 7) is 4.39. The number of nitrogens with zero attached hydrogens (tertiary/aromatic N) is 1. The molecule has 0 radical (unpaired) electrons. The molecule has 0 amide bonds. The number of hydrogen-bond donors (Lipinski definition) is 1. The average Bonchev–Trinajstić information content (AvgIpc) is 2.58. The molecule has 1 aromatic heterocycles. The van der Waals surface area contributed by atoms with Gasteiger partial charge < -0.3 is 10.5 Å². The summed E-state index contributed by atoms with van der Waals surface area (Å²) in [4.78, 5) is 4.13. The van der Waals surface area contributed by atoms with Crippen LogP contribution in [0.4, 0.5) is 0 Å². The van der Waals surface area contributed by atoms with Crippen LogP contribution < -0.4 is 10.5 Å². The van der Waals surface area contributed by atoms with Crippen molar-refractivity contribution in [2.45, 2.75) is 58.1 Å². The molecule has 2 aromatic rings. The lowest BCUT2D eigenvalue weighted by molar-refractivity contribution is 0.0620. The van der Waals surface area contributed by atoms with Gasteiger partial charge in [0.05, 0.1) is 11.1 Å². The highest BCUT2D eigenvalue weighted by atomic mass is 35.5. The predicted octanol–water partition coefficient (Wildman–Crippen LogP) is 4.95. The molecule has 1 aliphatic rings. The van der Waals surface area contributed by atoms with Crippen molar-refractivity contribution in [3.63, 3.8) is 0 Å². The van der Waals surface area contributed by atoms with Gasteiger partial charge in [0.25, 0.3) is 0 Å². The fourth-order valence-corrected chi connectivity index (χ4v) is 4.08. The zero-order chi connectivity index (χ0) is 16.4. The Balaban J connectivity index is 1.73. The molecule has 1 aromatic carbocycles. The number of fused-ring (bicyclic) bond motifs is 1. The van der Waals surface area contributed by atoms with Gasteiger partial charge in [-0.2, -0.15) is 0 Å². The smallest absolute Gasteiger partial charge is 0.138 e. The summed E-state index contributed by atoms with van der Waals surface area (Å²) >= 11 is 6.52. The Morgan fingerprint density at radius 2 is 2.09 bits per heavy atom. The molecule has 0 saturated heterocycles. The molecule has 1 saturated carbocycles. The van der Waals surface area contributed by atoms with Gasteiger partial charge in [-0.25, -0.2) is 0 Å². The van der Waals surface area contributed by atoms with E-state index in [1.54, 1.807) is 6.20 Å². The molecule has 1 aliphatic carbocycles. The molecule has 23 heavy (non-hydrogen) atoms. The van der Waals surface area contributed by atoms with Crippen molar-refractivity contribution in [1.82, 2.24) is 4.98 Å². The minimum Gasteiger partial charge on any atom is -0.489 e. The molecular weight excluding hydrogens is 308 g/mol. The van der Waals surface area contributed by atoms with E-state index in [1.165, 1.54) is 0 Å². The molecule has 124 valence electrons. The van der Waals surface area contributed by atoms with Crippen LogP contribution in [-0.2, 0) is 0 Å². The zero-order valence-electron chi connectivity index (χ0n) is 13.9. The first-order chi connectivity index (χ1) is 11.1. The number of rotatable bonds is 4. The molecule has 0 spiro atoms. The van der Waals surface area contributed by atoms with E-state index in [9.17, 15) is 0 Å². The molecule has 0 unspecified atom stereocenters. The van der Waals surface area contributed by atoms with E-state index in [-0.39, 0.29) is 17.6 Å². The van der Waals surface area contributed by atoms with E-state index in [1.807, 2.05) is 24.4 Å². The zero-order valence-corrected chi connectivity index (χ0v) is 14.6. The van der Waals surface area contributed by atoms with Crippen molar-refractivity contribution in [2.75, 3.05) is 0 Å². The van der Waals surface area contributed by atoms with Gasteiger partial charge in [0.2, 0.25) is 0 Å². The molecule has 2 N–H and O–H groups in total. The van der Waals surface area contributed by atoms with E-state index in [0.717, 1.165) is 48.6 Å². The van der Waals surface area contributed by atoms with Crippen molar-refractivity contribution in [1.29, 1.82) is 0 Å². The van der Waals surface area contributed by atoms with Crippen LogP contribution in [0.15, 0.2) is 30.6 Å². The molecule has 4 heteroatoms. The lowest BCUT2D eigenvalue weighted by Crippen LogP contribution is -2.43. The molecule has 1 fully saturated rings. The fourth-order valence-electron chi connectivity index (χ4n) is 3.80. The maximum atomic E-state index is 6.52. The third kappa shape index (κ3) is 3.17. The predicted molar refractivity (Wildman–Crippen MR) is 96.0 cm³/mol. The van der Waals surface area contributed by atoms with E-state index in [0.29, 0.717) is 5.02 Å². The van der Waals surface area contributed by atoms with Crippen LogP contribution in [-0.4, -0.2) is 17.1 Å². The average molecular weight is 333 g/mol. The Morgan fingerprint density at radius 1 is 1.35 bits per heavy atom. The van der Waals surface area contributed by atoms with Gasteiger partial charge in [-0.15, -0.1) is 0 Å². The van der Waals surface area contributed by atoms with Crippen LogP contribution in [0.2, 0.25) is 5.02 Å². The topological polar surface area (TPSA) is 48.1 Å². The van der Waals surface area contributed by atoms with Crippen LogP contribution >= 0.6 is 11.6 Å². The summed E-state index contributed by atoms with van der Waals surface area (Å²) in [5.74, 6) is 0.778. The highest BCUT2D eigenvalue weighted by Crippen LogP contribution is 2.43. The first-order valence-corrected chi connectivity index (χ1v) is 8.88. The number of aromatic nitrogens is 1. The van der Waals surface area contributed by atoms with Gasteiger partial charge in [-0.1, -0.05) is 18.5 Å². The third-order valence-corrected chi connectivity index (χ3v) is 6.00. The Kier molecular flexibility index (Phi) is 4.79. The highest BCUT2D eigenvalue weighted by Gasteiger charge is 2.37. The Labute approximate surface area is 143 Å². The number of nitrogens with two attached hydrogens (primary N) is 1. The number of halogens is 1. The highest BCUT2D eigenvalue weighted by molar-refractivity contribution is 6.37. The molecule has 0 bridgehead atoms. The SMILES string of the molecule is CC[C@]1([C@H](C)N)CC[C@@H](Oc2ccc3cnccc3c2Cl)CC1. The molecule has 3 rings (SSSR count). The van der Waals surface area contributed by atoms with Gasteiger partial charge in [0.1, 0.15) is 5.75 Å². The maximum absolute atomic E-state index is 6.52. The molecule has 0 aliphatic heterocycles. The Bertz CT molecular complexity index is 678. The van der Waals surface area contributed by atoms with Gasteiger partial charge in [0.15, 0.2) is 0 Å². The second-order valence-corrected chi connectivity index (χ2v) is 7.17. The summed E-state index contributed by atoms with van der Waals surface area (Å²) in [6, 6.07) is 6.15. The van der Waals surface area contributed by atoms with Crippen LogP contribution in [0, 0.1) is 5.41 Å². The summed E-state index contributed by atoms with van der Waals surface area (Å²) in [5.41, 5.74) is 6.51. The fraction of sp³-hybridized carbons (Fsp3) is 0.526. The second kappa shape index (κ2) is 6.66. The van der Waals surface area contributed by atoms with Crippen molar-refractivity contribution in [3.8, 4) is 5.75 Å². The Hall–Kier alpha value is -1.32. The number of ether oxygens (including phenoxy) is 1. The lowest BCUT2D eigenvalue weighted by atomic mass is 9.67. The number of hydrogen-bond acceptors (Lipinski definition) is 3. The van der Waals surface area contributed by atoms with Crippen molar-refractivity contribution in [3.05, 3.63) is 35.6 Å². The van der Waals surface area contributed by atoms with Crippen LogP contribution in [0.1, 0.15) is 46.0 Å². The third-order valence-electron chi connectivity index (χ3n) is 5.61. The summed E-state index contributed by atoms with van der Waals surface area (Å²) in [6.07, 6.45) is 9.29. The lowest BCUT2D eigenvalue weighted by Gasteiger charge is -2.42. The molecule has 3 nitrogen and oxygen atoms in total. The standard InChI is InChI=1S/C19H25ClN2O/c1-3-19(13(2)21)9-6-15(7-10-19)23-17-5-4-14-12-22-11-8-16(14)18(17)20/h4-5,8,11-13,15H,3,6-7,9-10,21H2,1-2H3/t13-,15-,19+/m0/s1. The molecule has 1 heterocycles. The number of benzene rings is 1. The van der Waals surface area contributed by atoms with E-state index in [2.05, 4.69) is 18.8 Å². The number of pyridine rings is 1. The normalized spacial score (nSPS) is 26.2. The van der Waals surface area contributed by atoms with E-state index >= 15 is 0 Å². The Morgan fingerprint density at radius 3 is 2.74 bits per heavy atom. The van der Waals surface area contributed by atoms with Crippen molar-refractivity contribution >= 4 is 22.4 Å². The monoisotopic (exact) mass is 332 g/mol. The largest absolute Gasteiger partial charge is 0.489 e. The van der Waals surface area contributed by atoms with Crippen LogP contribution in [0.5, 0.6) is 5.75 Å².